The molecule has 0 unspecified atom stereocenters. The highest BCUT2D eigenvalue weighted by molar-refractivity contribution is 7.00. The predicted octanol–water partition coefficient (Wildman–Crippen LogP) is 11.0. The Morgan fingerprint density at radius 1 is 0.642 bits per heavy atom. The lowest BCUT2D eigenvalue weighted by molar-refractivity contribution is 0.590. The van der Waals surface area contributed by atoms with Crippen LogP contribution >= 0.6 is 0 Å². The molecule has 6 aromatic rings. The largest absolute Gasteiger partial charge is 0.311 e. The molecule has 9 rings (SSSR count). The number of fused-ring (bicyclic) bond motifs is 6. The summed E-state index contributed by atoms with van der Waals surface area (Å²) in [6.45, 7) is 23.4. The fourth-order valence-corrected chi connectivity index (χ4v) is 9.62. The maximum atomic E-state index is 5.84. The maximum Gasteiger partial charge on any atom is 0.252 e. The second-order valence-electron chi connectivity index (χ2n) is 18.7. The number of aryl methyl sites for hydroxylation is 2. The van der Waals surface area contributed by atoms with Crippen LogP contribution in [0, 0.1) is 0 Å². The second kappa shape index (κ2) is 12.0. The van der Waals surface area contributed by atoms with Gasteiger partial charge in [-0.05, 0) is 128 Å². The minimum absolute atomic E-state index is 0.0244. The molecule has 1 aromatic heterocycles. The van der Waals surface area contributed by atoms with Crippen molar-refractivity contribution in [2.24, 2.45) is 0 Å². The Labute approximate surface area is 317 Å². The Bertz CT molecular complexity index is 2400. The van der Waals surface area contributed by atoms with Gasteiger partial charge in [-0.25, -0.2) is 4.98 Å². The van der Waals surface area contributed by atoms with Crippen molar-refractivity contribution in [1.82, 2.24) is 9.55 Å². The van der Waals surface area contributed by atoms with Crippen molar-refractivity contribution in [2.45, 2.75) is 118 Å². The Balaban J connectivity index is 1.42. The molecule has 0 radical (unpaired) electrons. The van der Waals surface area contributed by atoms with E-state index in [4.69, 9.17) is 4.98 Å². The molecule has 0 fully saturated rings. The number of rotatable bonds is 4. The van der Waals surface area contributed by atoms with Gasteiger partial charge in [-0.15, -0.1) is 0 Å². The highest BCUT2D eigenvalue weighted by Gasteiger charge is 2.44. The average Bonchev–Trinajstić information content (AvgIpc) is 3.53. The van der Waals surface area contributed by atoms with Crippen molar-refractivity contribution in [3.63, 3.8) is 0 Å². The molecular weight excluding hydrogens is 641 g/mol. The first kappa shape index (κ1) is 34.2. The van der Waals surface area contributed by atoms with E-state index in [1.807, 2.05) is 0 Å². The number of imidazole rings is 1. The highest BCUT2D eigenvalue weighted by atomic mass is 15.2. The standard InChI is InChI=1S/C49H54BN3/c1-29(2)35-17-13-18-36(30(3)4)43(35)47-51-45-37-16-12-11-15-31(37)27-39-46(45)53(47)42-20-14-19-41-44(42)50(39)38-28-33(49(8,9)10)23-26-40(38)52(41)34-24-21-32(22-25-34)48(5,6)7/h13-14,17-30H,11-12,15-16H2,1-10H3. The molecule has 0 amide bonds. The smallest absolute Gasteiger partial charge is 0.252 e. The third kappa shape index (κ3) is 5.18. The van der Waals surface area contributed by atoms with Crippen LogP contribution in [-0.4, -0.2) is 16.3 Å². The fourth-order valence-electron chi connectivity index (χ4n) is 9.62. The lowest BCUT2D eigenvalue weighted by Crippen LogP contribution is -2.60. The monoisotopic (exact) mass is 695 g/mol. The third-order valence-corrected chi connectivity index (χ3v) is 12.5. The summed E-state index contributed by atoms with van der Waals surface area (Å²) in [5, 5.41) is 0. The van der Waals surface area contributed by atoms with Crippen molar-refractivity contribution in [3.05, 3.63) is 118 Å². The van der Waals surface area contributed by atoms with Gasteiger partial charge >= 0.3 is 0 Å². The number of hydrogen-bond donors (Lipinski definition) is 0. The zero-order chi connectivity index (χ0) is 37.1. The van der Waals surface area contributed by atoms with Gasteiger partial charge in [0.15, 0.2) is 0 Å². The second-order valence-corrected chi connectivity index (χ2v) is 18.7. The quantitative estimate of drug-likeness (QED) is 0.171. The Morgan fingerprint density at radius 2 is 1.26 bits per heavy atom. The molecule has 268 valence electrons. The number of nitrogens with zero attached hydrogens (tertiary/aromatic N) is 3. The lowest BCUT2D eigenvalue weighted by atomic mass is 9.33. The van der Waals surface area contributed by atoms with E-state index >= 15 is 0 Å². The Hall–Kier alpha value is -4.57. The van der Waals surface area contributed by atoms with Gasteiger partial charge in [0.2, 0.25) is 0 Å². The number of hydrogen-bond acceptors (Lipinski definition) is 2. The fraction of sp³-hybridized carbons (Fsp3) is 0.367. The first-order valence-electron chi connectivity index (χ1n) is 20.1. The zero-order valence-electron chi connectivity index (χ0n) is 33.5. The van der Waals surface area contributed by atoms with Crippen LogP contribution in [-0.2, 0) is 23.7 Å². The number of aromatic nitrogens is 2. The van der Waals surface area contributed by atoms with Gasteiger partial charge in [0.1, 0.15) is 5.82 Å². The average molecular weight is 696 g/mol. The normalized spacial score (nSPS) is 14.9. The van der Waals surface area contributed by atoms with Crippen LogP contribution in [0.1, 0.15) is 127 Å². The van der Waals surface area contributed by atoms with E-state index in [1.54, 1.807) is 0 Å². The maximum absolute atomic E-state index is 5.84. The summed E-state index contributed by atoms with van der Waals surface area (Å²) in [4.78, 5) is 8.39. The number of benzene rings is 5. The molecule has 5 aromatic carbocycles. The van der Waals surface area contributed by atoms with Crippen LogP contribution in [0.5, 0.6) is 0 Å². The van der Waals surface area contributed by atoms with E-state index in [1.165, 1.54) is 102 Å². The first-order valence-corrected chi connectivity index (χ1v) is 20.1. The molecule has 0 N–H and O–H groups in total. The summed E-state index contributed by atoms with van der Waals surface area (Å²) in [5.41, 5.74) is 21.7. The topological polar surface area (TPSA) is 21.1 Å². The van der Waals surface area contributed by atoms with E-state index in [0.717, 1.165) is 18.7 Å². The molecule has 0 atom stereocenters. The molecule has 0 spiro atoms. The Kier molecular flexibility index (Phi) is 7.73. The van der Waals surface area contributed by atoms with Gasteiger partial charge in [0.05, 0.1) is 11.0 Å². The molecule has 4 heteroatoms. The summed E-state index contributed by atoms with van der Waals surface area (Å²) in [6.07, 6.45) is 4.71. The molecular formula is C49H54BN3. The van der Waals surface area contributed by atoms with Crippen LogP contribution in [0.3, 0.4) is 0 Å². The molecule has 0 saturated carbocycles. The van der Waals surface area contributed by atoms with Gasteiger partial charge in [-0.2, -0.15) is 0 Å². The molecule has 1 aliphatic carbocycles. The van der Waals surface area contributed by atoms with Crippen molar-refractivity contribution in [3.8, 4) is 17.1 Å². The van der Waals surface area contributed by atoms with E-state index in [-0.39, 0.29) is 17.5 Å². The molecule has 3 heterocycles. The molecule has 53 heavy (non-hydrogen) atoms. The van der Waals surface area contributed by atoms with Crippen LogP contribution in [0.15, 0.2) is 84.9 Å². The summed E-state index contributed by atoms with van der Waals surface area (Å²) in [5.74, 6) is 1.86. The van der Waals surface area contributed by atoms with Crippen molar-refractivity contribution < 1.29 is 0 Å². The third-order valence-electron chi connectivity index (χ3n) is 12.5. The zero-order valence-corrected chi connectivity index (χ0v) is 33.5. The van der Waals surface area contributed by atoms with Crippen LogP contribution in [0.25, 0.3) is 28.1 Å². The predicted molar refractivity (Wildman–Crippen MR) is 228 cm³/mol. The van der Waals surface area contributed by atoms with E-state index in [9.17, 15) is 0 Å². The molecule has 0 saturated heterocycles. The van der Waals surface area contributed by atoms with Gasteiger partial charge in [0.25, 0.3) is 6.71 Å². The van der Waals surface area contributed by atoms with Crippen LogP contribution < -0.4 is 21.3 Å². The first-order chi connectivity index (χ1) is 25.2. The van der Waals surface area contributed by atoms with Gasteiger partial charge < -0.3 is 4.90 Å². The van der Waals surface area contributed by atoms with Crippen LogP contribution in [0.4, 0.5) is 17.1 Å². The van der Waals surface area contributed by atoms with Crippen LogP contribution in [0.2, 0.25) is 0 Å². The molecule has 3 nitrogen and oxygen atoms in total. The van der Waals surface area contributed by atoms with Gasteiger partial charge in [-0.1, -0.05) is 124 Å². The SMILES string of the molecule is CC(C)c1cccc(C(C)C)c1-c1nc2c3c(cc4c2n1-c1cccc2c1B4c1cc(C(C)(C)C)ccc1N2c1ccc(C(C)(C)C)cc1)CCCC3. The summed E-state index contributed by atoms with van der Waals surface area (Å²) in [7, 11) is 0. The van der Waals surface area contributed by atoms with Crippen molar-refractivity contribution in [2.75, 3.05) is 4.90 Å². The molecule has 3 aliphatic rings. The molecule has 0 bridgehead atoms. The lowest BCUT2D eigenvalue weighted by Gasteiger charge is -2.41. The van der Waals surface area contributed by atoms with Crippen molar-refractivity contribution in [1.29, 1.82) is 0 Å². The van der Waals surface area contributed by atoms with E-state index in [2.05, 4.69) is 164 Å². The number of anilines is 3. The summed E-state index contributed by atoms with van der Waals surface area (Å²) in [6, 6.07) is 33.2. The van der Waals surface area contributed by atoms with E-state index < -0.39 is 0 Å². The van der Waals surface area contributed by atoms with Crippen molar-refractivity contribution >= 4 is 51.2 Å². The van der Waals surface area contributed by atoms with E-state index in [0.29, 0.717) is 11.8 Å². The van der Waals surface area contributed by atoms with Gasteiger partial charge in [-0.3, -0.25) is 4.57 Å². The Morgan fingerprint density at radius 3 is 1.92 bits per heavy atom. The van der Waals surface area contributed by atoms with Gasteiger partial charge in [0, 0.05) is 28.3 Å². The minimum atomic E-state index is 0.0244. The summed E-state index contributed by atoms with van der Waals surface area (Å²) < 4.78 is 2.60. The minimum Gasteiger partial charge on any atom is -0.311 e. The highest BCUT2D eigenvalue weighted by Crippen LogP contribution is 2.45. The molecule has 2 aliphatic heterocycles. The summed E-state index contributed by atoms with van der Waals surface area (Å²) >= 11 is 0.